The quantitative estimate of drug-likeness (QED) is 0.296. The van der Waals surface area contributed by atoms with Crippen molar-refractivity contribution >= 4 is 29.0 Å². The Labute approximate surface area is 179 Å². The van der Waals surface area contributed by atoms with Gasteiger partial charge in [0, 0.05) is 25.2 Å². The van der Waals surface area contributed by atoms with Gasteiger partial charge in [-0.25, -0.2) is 15.0 Å². The summed E-state index contributed by atoms with van der Waals surface area (Å²) in [4.78, 5) is 30.8. The predicted molar refractivity (Wildman–Crippen MR) is 121 cm³/mol. The number of aliphatic imine (C=N–C) groups is 1. The number of Topliss-reactive ketones (excluding diaryl/α,β-unsaturated/α-hetero) is 1. The molecule has 0 spiro atoms. The Morgan fingerprint density at radius 3 is 2.74 bits per heavy atom. The second-order valence-electron chi connectivity index (χ2n) is 7.35. The first-order valence-corrected chi connectivity index (χ1v) is 9.67. The largest absolute Gasteiger partial charge is 0.369 e. The number of ketones is 1. The van der Waals surface area contributed by atoms with E-state index in [2.05, 4.69) is 21.0 Å². The van der Waals surface area contributed by atoms with E-state index in [-0.39, 0.29) is 5.78 Å². The van der Waals surface area contributed by atoms with Crippen molar-refractivity contribution in [3.05, 3.63) is 66.0 Å². The molecule has 0 amide bonds. The number of nitrogens with zero attached hydrogens (tertiary/aromatic N) is 5. The molecule has 31 heavy (non-hydrogen) atoms. The number of nitriles is 1. The van der Waals surface area contributed by atoms with Gasteiger partial charge in [-0.1, -0.05) is 18.2 Å². The number of nitrogens with one attached hydrogen (secondary N) is 1. The number of carbonyl (C=O) groups excluding carboxylic acids is 1. The maximum absolute atomic E-state index is 12.4. The highest BCUT2D eigenvalue weighted by molar-refractivity contribution is 6.01. The molecule has 0 unspecified atom stereocenters. The number of carbonyl (C=O) groups is 1. The number of fused-ring (bicyclic) bond motifs is 1. The highest BCUT2D eigenvalue weighted by atomic mass is 16.1. The van der Waals surface area contributed by atoms with E-state index in [0.717, 1.165) is 27.7 Å². The van der Waals surface area contributed by atoms with Crippen molar-refractivity contribution in [2.45, 2.75) is 6.92 Å². The van der Waals surface area contributed by atoms with Crippen LogP contribution in [0.2, 0.25) is 0 Å². The monoisotopic (exact) mass is 408 g/mol. The van der Waals surface area contributed by atoms with E-state index >= 15 is 0 Å². The number of hydrogen-bond acceptors (Lipinski definition) is 5. The van der Waals surface area contributed by atoms with Crippen molar-refractivity contribution in [1.82, 2.24) is 19.9 Å². The van der Waals surface area contributed by atoms with Gasteiger partial charge in [-0.2, -0.15) is 5.26 Å². The van der Waals surface area contributed by atoms with Gasteiger partial charge in [0.05, 0.1) is 46.6 Å². The molecule has 0 fully saturated rings. The molecule has 0 atom stereocenters. The Balaban J connectivity index is 2.01. The molecule has 2 aromatic heterocycles. The van der Waals surface area contributed by atoms with Gasteiger partial charge in [-0.15, -0.1) is 0 Å². The number of H-pyrrole nitrogens is 1. The van der Waals surface area contributed by atoms with E-state index in [0.29, 0.717) is 22.6 Å². The minimum absolute atomic E-state index is 0.127. The minimum atomic E-state index is -0.127. The molecule has 0 radical (unpaired) electrons. The summed E-state index contributed by atoms with van der Waals surface area (Å²) in [6.07, 6.45) is 3.25. The van der Waals surface area contributed by atoms with Crippen LogP contribution in [0.3, 0.4) is 0 Å². The molecule has 0 aliphatic heterocycles. The van der Waals surface area contributed by atoms with Crippen molar-refractivity contribution in [2.75, 3.05) is 14.1 Å². The third-order valence-corrected chi connectivity index (χ3v) is 4.79. The SMILES string of the molecule is CC(=O)c1cc(-c2ccc3[nH]cnc3c2)c(-c2cccc(C#N)c2)nc1/N=C/N(C)C. The first-order chi connectivity index (χ1) is 15.0. The zero-order chi connectivity index (χ0) is 22.0. The maximum atomic E-state index is 12.4. The van der Waals surface area contributed by atoms with Crippen LogP contribution in [-0.4, -0.2) is 46.1 Å². The van der Waals surface area contributed by atoms with Gasteiger partial charge in [-0.05, 0) is 42.8 Å². The Bertz CT molecular complexity index is 1360. The van der Waals surface area contributed by atoms with Gasteiger partial charge in [0.2, 0.25) is 0 Å². The van der Waals surface area contributed by atoms with Crippen LogP contribution < -0.4 is 0 Å². The summed E-state index contributed by atoms with van der Waals surface area (Å²) in [5.41, 5.74) is 5.74. The van der Waals surface area contributed by atoms with Gasteiger partial charge in [-0.3, -0.25) is 4.79 Å². The summed E-state index contributed by atoms with van der Waals surface area (Å²) >= 11 is 0. The van der Waals surface area contributed by atoms with Crippen molar-refractivity contribution in [3.63, 3.8) is 0 Å². The van der Waals surface area contributed by atoms with Crippen LogP contribution >= 0.6 is 0 Å². The molecule has 2 aromatic carbocycles. The van der Waals surface area contributed by atoms with Crippen LogP contribution in [0.5, 0.6) is 0 Å². The number of rotatable bonds is 5. The summed E-state index contributed by atoms with van der Waals surface area (Å²) in [7, 11) is 3.70. The van der Waals surface area contributed by atoms with E-state index in [1.165, 1.54) is 6.92 Å². The second kappa shape index (κ2) is 8.20. The minimum Gasteiger partial charge on any atom is -0.369 e. The van der Waals surface area contributed by atoms with Crippen LogP contribution in [0.4, 0.5) is 5.82 Å². The summed E-state index contributed by atoms with van der Waals surface area (Å²) in [6.45, 7) is 1.50. The molecular formula is C24H20N6O. The Hall–Kier alpha value is -4.31. The highest BCUT2D eigenvalue weighted by Gasteiger charge is 2.18. The highest BCUT2D eigenvalue weighted by Crippen LogP contribution is 2.36. The van der Waals surface area contributed by atoms with E-state index in [1.807, 2.05) is 50.5 Å². The molecule has 0 saturated heterocycles. The third kappa shape index (κ3) is 4.05. The van der Waals surface area contributed by atoms with Gasteiger partial charge < -0.3 is 9.88 Å². The Kier molecular flexibility index (Phi) is 5.29. The van der Waals surface area contributed by atoms with Crippen LogP contribution in [-0.2, 0) is 0 Å². The second-order valence-corrected chi connectivity index (χ2v) is 7.35. The van der Waals surface area contributed by atoms with Crippen molar-refractivity contribution in [2.24, 2.45) is 4.99 Å². The lowest BCUT2D eigenvalue weighted by Crippen LogP contribution is -2.08. The number of aromatic nitrogens is 3. The number of aromatic amines is 1. The van der Waals surface area contributed by atoms with Crippen molar-refractivity contribution < 1.29 is 4.79 Å². The van der Waals surface area contributed by atoms with Crippen molar-refractivity contribution in [1.29, 1.82) is 5.26 Å². The van der Waals surface area contributed by atoms with E-state index in [4.69, 9.17) is 4.98 Å². The predicted octanol–water partition coefficient (Wildman–Crippen LogP) is 4.59. The average molecular weight is 408 g/mol. The molecule has 0 saturated carbocycles. The standard InChI is InChI=1S/C24H20N6O/c1-15(31)19-11-20(17-7-8-21-22(10-17)27-13-26-21)23(29-24(19)28-14-30(2)3)18-6-4-5-16(9-18)12-25/h4-11,13-14H,1-3H3,(H,26,27)/b28-14+. The molecule has 1 N–H and O–H groups in total. The lowest BCUT2D eigenvalue weighted by atomic mass is 9.95. The fraction of sp³-hybridized carbons (Fsp3) is 0.125. The topological polar surface area (TPSA) is 98.0 Å². The fourth-order valence-corrected chi connectivity index (χ4v) is 3.31. The molecule has 2 heterocycles. The molecule has 152 valence electrons. The molecule has 0 aliphatic rings. The fourth-order valence-electron chi connectivity index (χ4n) is 3.31. The number of hydrogen-bond donors (Lipinski definition) is 1. The molecule has 0 bridgehead atoms. The van der Waals surface area contributed by atoms with Crippen LogP contribution in [0.1, 0.15) is 22.8 Å². The molecule has 4 aromatic rings. The zero-order valence-corrected chi connectivity index (χ0v) is 17.4. The molecular weight excluding hydrogens is 388 g/mol. The lowest BCUT2D eigenvalue weighted by molar-refractivity contribution is 0.101. The number of imidazole rings is 1. The van der Waals surface area contributed by atoms with E-state index in [9.17, 15) is 10.1 Å². The molecule has 7 heteroatoms. The first-order valence-electron chi connectivity index (χ1n) is 9.67. The normalized spacial score (nSPS) is 11.0. The van der Waals surface area contributed by atoms with Gasteiger partial charge >= 0.3 is 0 Å². The third-order valence-electron chi connectivity index (χ3n) is 4.79. The molecule has 4 rings (SSSR count). The van der Waals surface area contributed by atoms with Crippen LogP contribution in [0.15, 0.2) is 59.9 Å². The lowest BCUT2D eigenvalue weighted by Gasteiger charge is -2.14. The Morgan fingerprint density at radius 2 is 2.00 bits per heavy atom. The smallest absolute Gasteiger partial charge is 0.165 e. The van der Waals surface area contributed by atoms with Gasteiger partial charge in [0.25, 0.3) is 0 Å². The van der Waals surface area contributed by atoms with Gasteiger partial charge in [0.15, 0.2) is 11.6 Å². The van der Waals surface area contributed by atoms with E-state index in [1.54, 1.807) is 29.7 Å². The average Bonchev–Trinajstić information content (AvgIpc) is 3.25. The van der Waals surface area contributed by atoms with Crippen molar-refractivity contribution in [3.8, 4) is 28.5 Å². The van der Waals surface area contributed by atoms with Crippen LogP contribution in [0.25, 0.3) is 33.4 Å². The number of benzene rings is 2. The Morgan fingerprint density at radius 1 is 1.16 bits per heavy atom. The van der Waals surface area contributed by atoms with E-state index < -0.39 is 0 Å². The van der Waals surface area contributed by atoms with Gasteiger partial charge in [0.1, 0.15) is 0 Å². The number of pyridine rings is 1. The summed E-state index contributed by atoms with van der Waals surface area (Å²) in [5.74, 6) is 0.209. The molecule has 7 nitrogen and oxygen atoms in total. The summed E-state index contributed by atoms with van der Waals surface area (Å²) in [5, 5.41) is 9.35. The summed E-state index contributed by atoms with van der Waals surface area (Å²) < 4.78 is 0. The van der Waals surface area contributed by atoms with Crippen LogP contribution in [0, 0.1) is 11.3 Å². The maximum Gasteiger partial charge on any atom is 0.165 e. The first kappa shape index (κ1) is 20.0. The summed E-state index contributed by atoms with van der Waals surface area (Å²) in [6, 6.07) is 17.1. The zero-order valence-electron chi connectivity index (χ0n) is 17.4. The molecule has 0 aliphatic carbocycles.